The van der Waals surface area contributed by atoms with E-state index >= 15 is 0 Å². The monoisotopic (exact) mass is 270 g/mol. The van der Waals surface area contributed by atoms with E-state index in [0.717, 1.165) is 0 Å². The lowest BCUT2D eigenvalue weighted by Gasteiger charge is -2.28. The van der Waals surface area contributed by atoms with E-state index in [1.807, 2.05) is 18.7 Å². The standard InChI is InChI=1S/C12H19ClN4O/c1-8(2)17(6-7-18-3)12-10(13)9(11(14)15)4-5-16-12/h4-5,8H,6-7H2,1-3H3,(H3,14,15). The normalized spacial score (nSPS) is 10.7. The quantitative estimate of drug-likeness (QED) is 0.611. The van der Waals surface area contributed by atoms with Crippen molar-refractivity contribution in [2.75, 3.05) is 25.2 Å². The first kappa shape index (κ1) is 14.7. The Morgan fingerprint density at radius 3 is 2.78 bits per heavy atom. The fourth-order valence-electron chi connectivity index (χ4n) is 1.64. The van der Waals surface area contributed by atoms with Gasteiger partial charge in [-0.05, 0) is 19.9 Å². The van der Waals surface area contributed by atoms with Gasteiger partial charge in [-0.1, -0.05) is 11.6 Å². The second-order valence-corrected chi connectivity index (χ2v) is 4.57. The lowest BCUT2D eigenvalue weighted by molar-refractivity contribution is 0.203. The Labute approximate surface area is 112 Å². The number of methoxy groups -OCH3 is 1. The molecule has 0 amide bonds. The lowest BCUT2D eigenvalue weighted by atomic mass is 10.2. The Bertz CT molecular complexity index is 423. The van der Waals surface area contributed by atoms with E-state index in [0.29, 0.717) is 29.6 Å². The van der Waals surface area contributed by atoms with Crippen molar-refractivity contribution in [3.8, 4) is 0 Å². The minimum atomic E-state index is -0.0564. The lowest BCUT2D eigenvalue weighted by Crippen LogP contribution is -2.35. The van der Waals surface area contributed by atoms with Gasteiger partial charge in [0.2, 0.25) is 0 Å². The topological polar surface area (TPSA) is 75.2 Å². The maximum absolute atomic E-state index is 7.48. The maximum atomic E-state index is 7.48. The summed E-state index contributed by atoms with van der Waals surface area (Å²) < 4.78 is 5.08. The number of pyridine rings is 1. The molecule has 100 valence electrons. The summed E-state index contributed by atoms with van der Waals surface area (Å²) in [7, 11) is 1.65. The first-order valence-electron chi connectivity index (χ1n) is 5.73. The van der Waals surface area contributed by atoms with E-state index in [2.05, 4.69) is 4.98 Å². The molecule has 1 rings (SSSR count). The van der Waals surface area contributed by atoms with Gasteiger partial charge >= 0.3 is 0 Å². The Hall–Kier alpha value is -1.33. The molecule has 1 heterocycles. The smallest absolute Gasteiger partial charge is 0.148 e. The molecule has 0 aromatic carbocycles. The van der Waals surface area contributed by atoms with Gasteiger partial charge in [-0.3, -0.25) is 5.41 Å². The zero-order chi connectivity index (χ0) is 13.7. The molecule has 3 N–H and O–H groups in total. The van der Waals surface area contributed by atoms with Crippen molar-refractivity contribution in [1.82, 2.24) is 4.98 Å². The minimum Gasteiger partial charge on any atom is -0.384 e. The predicted octanol–water partition coefficient (Wildman–Crippen LogP) is 1.88. The zero-order valence-electron chi connectivity index (χ0n) is 10.9. The highest BCUT2D eigenvalue weighted by Crippen LogP contribution is 2.27. The van der Waals surface area contributed by atoms with Crippen LogP contribution in [-0.4, -0.2) is 37.1 Å². The highest BCUT2D eigenvalue weighted by Gasteiger charge is 2.18. The summed E-state index contributed by atoms with van der Waals surface area (Å²) in [5.74, 6) is 0.579. The van der Waals surface area contributed by atoms with Gasteiger partial charge in [-0.25, -0.2) is 4.98 Å². The van der Waals surface area contributed by atoms with Crippen LogP contribution in [0.25, 0.3) is 0 Å². The fourth-order valence-corrected chi connectivity index (χ4v) is 1.96. The molecule has 0 atom stereocenters. The molecule has 0 saturated carbocycles. The predicted molar refractivity (Wildman–Crippen MR) is 74.6 cm³/mol. The molecule has 0 aliphatic carbocycles. The molecule has 1 aromatic rings. The summed E-state index contributed by atoms with van der Waals surface area (Å²) >= 11 is 6.26. The van der Waals surface area contributed by atoms with Gasteiger partial charge in [0.15, 0.2) is 0 Å². The summed E-state index contributed by atoms with van der Waals surface area (Å²) in [4.78, 5) is 6.31. The van der Waals surface area contributed by atoms with Crippen molar-refractivity contribution in [3.63, 3.8) is 0 Å². The number of anilines is 1. The zero-order valence-corrected chi connectivity index (χ0v) is 11.7. The number of hydrogen-bond donors (Lipinski definition) is 2. The van der Waals surface area contributed by atoms with Gasteiger partial charge in [-0.2, -0.15) is 0 Å². The summed E-state index contributed by atoms with van der Waals surface area (Å²) in [5, 5.41) is 7.89. The van der Waals surface area contributed by atoms with Crippen LogP contribution in [0.2, 0.25) is 5.02 Å². The third kappa shape index (κ3) is 3.34. The molecule has 0 saturated heterocycles. The second kappa shape index (κ2) is 6.56. The maximum Gasteiger partial charge on any atom is 0.148 e. The molecule has 6 heteroatoms. The van der Waals surface area contributed by atoms with Crippen LogP contribution in [0.5, 0.6) is 0 Å². The van der Waals surface area contributed by atoms with E-state index in [1.54, 1.807) is 19.4 Å². The molecule has 0 fully saturated rings. The van der Waals surface area contributed by atoms with Gasteiger partial charge in [-0.15, -0.1) is 0 Å². The SMILES string of the molecule is COCCN(c1nccc(C(=N)N)c1Cl)C(C)C. The largest absolute Gasteiger partial charge is 0.384 e. The van der Waals surface area contributed by atoms with Crippen LogP contribution in [0.3, 0.4) is 0 Å². The molecule has 0 unspecified atom stereocenters. The van der Waals surface area contributed by atoms with Crippen molar-refractivity contribution < 1.29 is 4.74 Å². The summed E-state index contributed by atoms with van der Waals surface area (Å²) in [6, 6.07) is 1.87. The van der Waals surface area contributed by atoms with Crippen LogP contribution in [0, 0.1) is 5.41 Å². The number of amidine groups is 1. The number of halogens is 1. The summed E-state index contributed by atoms with van der Waals surface area (Å²) in [6.07, 6.45) is 1.61. The van der Waals surface area contributed by atoms with Crippen molar-refractivity contribution in [2.45, 2.75) is 19.9 Å². The third-order valence-corrected chi connectivity index (χ3v) is 2.97. The molecule has 0 radical (unpaired) electrons. The van der Waals surface area contributed by atoms with Crippen molar-refractivity contribution in [3.05, 3.63) is 22.8 Å². The molecule has 0 bridgehead atoms. The summed E-state index contributed by atoms with van der Waals surface area (Å²) in [6.45, 7) is 5.37. The van der Waals surface area contributed by atoms with E-state index in [-0.39, 0.29) is 11.9 Å². The molecule has 0 aliphatic heterocycles. The first-order chi connectivity index (χ1) is 8.49. The second-order valence-electron chi connectivity index (χ2n) is 4.19. The molecule has 18 heavy (non-hydrogen) atoms. The van der Waals surface area contributed by atoms with Crippen LogP contribution in [0.1, 0.15) is 19.4 Å². The van der Waals surface area contributed by atoms with Crippen LogP contribution < -0.4 is 10.6 Å². The molecule has 1 aromatic heterocycles. The molecule has 0 aliphatic rings. The molecule has 0 spiro atoms. The van der Waals surface area contributed by atoms with Gasteiger partial charge in [0.25, 0.3) is 0 Å². The highest BCUT2D eigenvalue weighted by atomic mass is 35.5. The number of nitrogens with zero attached hydrogens (tertiary/aromatic N) is 2. The average Bonchev–Trinajstić information content (AvgIpc) is 2.30. The van der Waals surface area contributed by atoms with Crippen molar-refractivity contribution in [1.29, 1.82) is 5.41 Å². The van der Waals surface area contributed by atoms with Crippen molar-refractivity contribution >= 4 is 23.3 Å². The highest BCUT2D eigenvalue weighted by molar-refractivity contribution is 6.36. The Kier molecular flexibility index (Phi) is 5.37. The Balaban J connectivity index is 3.12. The number of nitrogens with one attached hydrogen (secondary N) is 1. The molecule has 5 nitrogen and oxygen atoms in total. The Morgan fingerprint density at radius 2 is 2.28 bits per heavy atom. The molecular formula is C12H19ClN4O. The van der Waals surface area contributed by atoms with E-state index in [9.17, 15) is 0 Å². The fraction of sp³-hybridized carbons (Fsp3) is 0.500. The first-order valence-corrected chi connectivity index (χ1v) is 6.11. The number of aromatic nitrogens is 1. The molecular weight excluding hydrogens is 252 g/mol. The van der Waals surface area contributed by atoms with Crippen LogP contribution in [-0.2, 0) is 4.74 Å². The van der Waals surface area contributed by atoms with Gasteiger partial charge < -0.3 is 15.4 Å². The number of rotatable bonds is 6. The minimum absolute atomic E-state index is 0.0564. The summed E-state index contributed by atoms with van der Waals surface area (Å²) in [5.41, 5.74) is 5.99. The van der Waals surface area contributed by atoms with Gasteiger partial charge in [0, 0.05) is 31.5 Å². The third-order valence-electron chi connectivity index (χ3n) is 2.59. The van der Waals surface area contributed by atoms with Crippen LogP contribution in [0.15, 0.2) is 12.3 Å². The van der Waals surface area contributed by atoms with E-state index in [1.165, 1.54) is 0 Å². The van der Waals surface area contributed by atoms with Gasteiger partial charge in [0.05, 0.1) is 11.6 Å². The number of nitrogens with two attached hydrogens (primary N) is 1. The van der Waals surface area contributed by atoms with E-state index < -0.39 is 0 Å². The number of nitrogen functional groups attached to an aromatic ring is 1. The van der Waals surface area contributed by atoms with Crippen LogP contribution in [0.4, 0.5) is 5.82 Å². The van der Waals surface area contributed by atoms with Crippen LogP contribution >= 0.6 is 11.6 Å². The van der Waals surface area contributed by atoms with E-state index in [4.69, 9.17) is 27.5 Å². The Morgan fingerprint density at radius 1 is 1.61 bits per heavy atom. The van der Waals surface area contributed by atoms with Gasteiger partial charge in [0.1, 0.15) is 11.7 Å². The van der Waals surface area contributed by atoms with Crippen molar-refractivity contribution in [2.24, 2.45) is 5.73 Å². The average molecular weight is 271 g/mol. The number of hydrogen-bond acceptors (Lipinski definition) is 4. The number of ether oxygens (including phenoxy) is 1.